The number of nitrogens with zero attached hydrogens (tertiary/aromatic N) is 1. The van der Waals surface area contributed by atoms with Gasteiger partial charge in [0.25, 0.3) is 0 Å². The molecular formula is C7H11BrN4O. The Labute approximate surface area is 84.6 Å². The van der Waals surface area contributed by atoms with Gasteiger partial charge in [0, 0.05) is 4.47 Å². The van der Waals surface area contributed by atoms with Crippen LogP contribution in [0, 0.1) is 0 Å². The zero-order valence-corrected chi connectivity index (χ0v) is 8.44. The second-order valence-corrected chi connectivity index (χ2v) is 2.96. The summed E-state index contributed by atoms with van der Waals surface area (Å²) >= 11 is 3.31. The monoisotopic (exact) mass is 246 g/mol. The molecule has 2 amide bonds. The van der Waals surface area contributed by atoms with Gasteiger partial charge in [-0.3, -0.25) is 0 Å². The highest BCUT2D eigenvalue weighted by Gasteiger charge is 1.90. The number of urea groups is 1. The number of carbonyl (C=O) groups is 1. The predicted octanol–water partition coefficient (Wildman–Crippen LogP) is 0.564. The predicted molar refractivity (Wildman–Crippen MR) is 53.9 cm³/mol. The molecule has 0 aromatic heterocycles. The van der Waals surface area contributed by atoms with E-state index in [2.05, 4.69) is 33.3 Å². The van der Waals surface area contributed by atoms with E-state index >= 15 is 0 Å². The molecule has 1 aromatic rings. The third-order valence-corrected chi connectivity index (χ3v) is 1.52. The van der Waals surface area contributed by atoms with E-state index in [9.17, 15) is 4.79 Å². The number of hydrazine groups is 2. The van der Waals surface area contributed by atoms with Crippen molar-refractivity contribution in [3.05, 3.63) is 34.8 Å². The van der Waals surface area contributed by atoms with Gasteiger partial charge in [-0.2, -0.15) is 5.12 Å². The Hall–Kier alpha value is -1.11. The van der Waals surface area contributed by atoms with Crippen LogP contribution in [0.4, 0.5) is 4.79 Å². The fourth-order valence-electron chi connectivity index (χ4n) is 0.415. The minimum absolute atomic E-state index is 0.306. The molecule has 1 aromatic carbocycles. The van der Waals surface area contributed by atoms with Gasteiger partial charge >= 0.3 is 6.03 Å². The topological polar surface area (TPSA) is 98.4 Å². The number of halogens is 1. The minimum Gasteiger partial charge on any atom is -0.349 e. The maximum absolute atomic E-state index is 9.60. The lowest BCUT2D eigenvalue weighted by molar-refractivity contribution is 0.210. The Morgan fingerprint density at radius 1 is 1.23 bits per heavy atom. The van der Waals surface area contributed by atoms with Crippen molar-refractivity contribution < 1.29 is 4.79 Å². The van der Waals surface area contributed by atoms with Crippen LogP contribution in [-0.2, 0) is 0 Å². The minimum atomic E-state index is -0.852. The molecule has 6 N–H and O–H groups in total. The first-order chi connectivity index (χ1) is 6.04. The maximum Gasteiger partial charge on any atom is 0.343 e. The lowest BCUT2D eigenvalue weighted by atomic mass is 10.4. The molecule has 0 heterocycles. The van der Waals surface area contributed by atoms with E-state index in [4.69, 9.17) is 0 Å². The third-order valence-electron chi connectivity index (χ3n) is 0.988. The molecule has 1 rings (SSSR count). The summed E-state index contributed by atoms with van der Waals surface area (Å²) in [6.07, 6.45) is 0. The molecular weight excluding hydrogens is 236 g/mol. The zero-order chi connectivity index (χ0) is 10.3. The van der Waals surface area contributed by atoms with E-state index in [1.807, 2.05) is 30.3 Å². The maximum atomic E-state index is 9.60. The van der Waals surface area contributed by atoms with Crippen molar-refractivity contribution in [2.45, 2.75) is 0 Å². The van der Waals surface area contributed by atoms with Crippen LogP contribution < -0.4 is 17.4 Å². The van der Waals surface area contributed by atoms with Crippen LogP contribution in [0.25, 0.3) is 0 Å². The second-order valence-electron chi connectivity index (χ2n) is 2.04. The van der Waals surface area contributed by atoms with Crippen molar-refractivity contribution >= 4 is 22.0 Å². The van der Waals surface area contributed by atoms with Crippen molar-refractivity contribution in [3.63, 3.8) is 0 Å². The number of primary amides is 1. The highest BCUT2D eigenvalue weighted by atomic mass is 79.9. The molecule has 0 bridgehead atoms. The van der Waals surface area contributed by atoms with Gasteiger partial charge in [0.2, 0.25) is 0 Å². The Morgan fingerprint density at radius 2 is 1.62 bits per heavy atom. The summed E-state index contributed by atoms with van der Waals surface area (Å²) < 4.78 is 1.13. The molecule has 5 nitrogen and oxygen atoms in total. The first kappa shape index (κ1) is 11.9. The highest BCUT2D eigenvalue weighted by Crippen LogP contribution is 2.05. The van der Waals surface area contributed by atoms with Crippen LogP contribution >= 0.6 is 15.9 Å². The van der Waals surface area contributed by atoms with Gasteiger partial charge in [0.1, 0.15) is 0 Å². The lowest BCUT2D eigenvalue weighted by Crippen LogP contribution is -2.46. The first-order valence-corrected chi connectivity index (χ1v) is 4.13. The summed E-state index contributed by atoms with van der Waals surface area (Å²) in [4.78, 5) is 9.60. The summed E-state index contributed by atoms with van der Waals surface area (Å²) in [6.45, 7) is 0. The molecule has 0 saturated carbocycles. The van der Waals surface area contributed by atoms with Crippen molar-refractivity contribution in [3.8, 4) is 0 Å². The quantitative estimate of drug-likeness (QED) is 0.355. The van der Waals surface area contributed by atoms with E-state index in [0.717, 1.165) is 4.47 Å². The van der Waals surface area contributed by atoms with Gasteiger partial charge in [-0.25, -0.2) is 16.5 Å². The molecule has 0 fully saturated rings. The van der Waals surface area contributed by atoms with Crippen LogP contribution in [-0.4, -0.2) is 11.1 Å². The van der Waals surface area contributed by atoms with Gasteiger partial charge in [-0.15, -0.1) is 0 Å². The average molecular weight is 247 g/mol. The number of nitrogens with two attached hydrogens (primary N) is 3. The van der Waals surface area contributed by atoms with Crippen LogP contribution in [0.3, 0.4) is 0 Å². The second kappa shape index (κ2) is 6.41. The van der Waals surface area contributed by atoms with E-state index in [1.165, 1.54) is 0 Å². The number of rotatable bonds is 0. The fourth-order valence-corrected chi connectivity index (χ4v) is 0.720. The Morgan fingerprint density at radius 3 is 1.77 bits per heavy atom. The van der Waals surface area contributed by atoms with E-state index in [-0.39, 0.29) is 0 Å². The molecule has 0 atom stereocenters. The SMILES string of the molecule is Brc1ccccc1.NC(=O)N(N)N. The smallest absolute Gasteiger partial charge is 0.343 e. The van der Waals surface area contributed by atoms with Crippen LogP contribution in [0.2, 0.25) is 0 Å². The lowest BCUT2D eigenvalue weighted by Gasteiger charge is -2.00. The molecule has 72 valence electrons. The summed E-state index contributed by atoms with van der Waals surface area (Å²) in [7, 11) is 0. The molecule has 0 unspecified atom stereocenters. The summed E-state index contributed by atoms with van der Waals surface area (Å²) in [5.74, 6) is 9.14. The van der Waals surface area contributed by atoms with Gasteiger partial charge in [-0.1, -0.05) is 34.1 Å². The number of amides is 2. The van der Waals surface area contributed by atoms with Crippen LogP contribution in [0.15, 0.2) is 34.8 Å². The van der Waals surface area contributed by atoms with Gasteiger partial charge in [0.15, 0.2) is 0 Å². The van der Waals surface area contributed by atoms with Gasteiger partial charge < -0.3 is 5.73 Å². The van der Waals surface area contributed by atoms with Gasteiger partial charge in [-0.05, 0) is 12.1 Å². The van der Waals surface area contributed by atoms with Crippen molar-refractivity contribution in [2.75, 3.05) is 0 Å². The number of hydrogen-bond donors (Lipinski definition) is 3. The first-order valence-electron chi connectivity index (χ1n) is 3.33. The number of hydrogen-bond acceptors (Lipinski definition) is 3. The molecule has 6 heteroatoms. The molecule has 0 aliphatic heterocycles. The van der Waals surface area contributed by atoms with Crippen molar-refractivity contribution in [2.24, 2.45) is 17.4 Å². The van der Waals surface area contributed by atoms with E-state index in [0.29, 0.717) is 5.12 Å². The van der Waals surface area contributed by atoms with E-state index in [1.54, 1.807) is 0 Å². The Bertz CT molecular complexity index is 252. The largest absolute Gasteiger partial charge is 0.349 e. The van der Waals surface area contributed by atoms with Gasteiger partial charge in [0.05, 0.1) is 0 Å². The summed E-state index contributed by atoms with van der Waals surface area (Å²) in [6, 6.07) is 9.12. The molecule has 0 spiro atoms. The van der Waals surface area contributed by atoms with Crippen LogP contribution in [0.5, 0.6) is 0 Å². The molecule has 0 radical (unpaired) electrons. The molecule has 0 aliphatic rings. The number of carbonyl (C=O) groups excluding carboxylic acids is 1. The standard InChI is InChI=1S/C6H5Br.CH6N4O/c7-6-4-2-1-3-5-6;2-1(6)5(3)4/h1-5H;3-4H2,(H2,2,6). The molecule has 13 heavy (non-hydrogen) atoms. The zero-order valence-electron chi connectivity index (χ0n) is 6.85. The molecule has 0 aliphatic carbocycles. The number of benzene rings is 1. The summed E-state index contributed by atoms with van der Waals surface area (Å²) in [5, 5.41) is 0.306. The average Bonchev–Trinajstić information content (AvgIpc) is 2.06. The Balaban J connectivity index is 0.000000226. The third kappa shape index (κ3) is 7.26. The molecule has 0 saturated heterocycles. The van der Waals surface area contributed by atoms with Crippen molar-refractivity contribution in [1.29, 1.82) is 0 Å². The highest BCUT2D eigenvalue weighted by molar-refractivity contribution is 9.10. The normalized spacial score (nSPS) is 8.23. The van der Waals surface area contributed by atoms with Crippen molar-refractivity contribution in [1.82, 2.24) is 5.12 Å². The van der Waals surface area contributed by atoms with Crippen LogP contribution in [0.1, 0.15) is 0 Å². The van der Waals surface area contributed by atoms with E-state index < -0.39 is 6.03 Å². The summed E-state index contributed by atoms with van der Waals surface area (Å²) in [5.41, 5.74) is 4.47. The fraction of sp³-hybridized carbons (Fsp3) is 0. The Kier molecular flexibility index (Phi) is 5.86.